The lowest BCUT2D eigenvalue weighted by molar-refractivity contribution is -0.131. The number of nitrogens with zero attached hydrogens (tertiary/aromatic N) is 1. The SMILES string of the molecule is CC(c1cccs1)N(C)Cc1sccc1C=CC(=O)O. The predicted molar refractivity (Wildman–Crippen MR) is 85.2 cm³/mol. The largest absolute Gasteiger partial charge is 0.478 e. The minimum absolute atomic E-state index is 0.355. The Bertz CT molecular complexity index is 587. The molecule has 0 aliphatic rings. The molecule has 20 heavy (non-hydrogen) atoms. The molecule has 1 unspecified atom stereocenters. The molecule has 2 heterocycles. The van der Waals surface area contributed by atoms with E-state index >= 15 is 0 Å². The van der Waals surface area contributed by atoms with Gasteiger partial charge in [-0.05, 0) is 48.5 Å². The van der Waals surface area contributed by atoms with Gasteiger partial charge in [0.15, 0.2) is 0 Å². The summed E-state index contributed by atoms with van der Waals surface area (Å²) in [7, 11) is 2.09. The number of carbonyl (C=O) groups is 1. The molecule has 1 N–H and O–H groups in total. The minimum atomic E-state index is -0.914. The molecular formula is C15H17NO2S2. The molecule has 2 aromatic rings. The third-order valence-corrected chi connectivity index (χ3v) is 5.16. The van der Waals surface area contributed by atoms with Gasteiger partial charge in [-0.25, -0.2) is 4.79 Å². The highest BCUT2D eigenvalue weighted by Crippen LogP contribution is 2.27. The van der Waals surface area contributed by atoms with Crippen LogP contribution >= 0.6 is 22.7 Å². The average Bonchev–Trinajstić information content (AvgIpc) is 3.06. The number of aliphatic carboxylic acids is 1. The molecule has 0 saturated carbocycles. The number of hydrogen-bond donors (Lipinski definition) is 1. The quantitative estimate of drug-likeness (QED) is 0.817. The van der Waals surface area contributed by atoms with Crippen LogP contribution in [-0.2, 0) is 11.3 Å². The second kappa shape index (κ2) is 6.83. The molecular weight excluding hydrogens is 290 g/mol. The van der Waals surface area contributed by atoms with Crippen molar-refractivity contribution in [3.8, 4) is 0 Å². The van der Waals surface area contributed by atoms with Crippen LogP contribution in [-0.4, -0.2) is 23.0 Å². The van der Waals surface area contributed by atoms with Gasteiger partial charge in [0, 0.05) is 28.4 Å². The number of thiophene rings is 2. The van der Waals surface area contributed by atoms with Crippen LogP contribution in [0.4, 0.5) is 0 Å². The summed E-state index contributed by atoms with van der Waals surface area (Å²) in [5.74, 6) is -0.914. The van der Waals surface area contributed by atoms with E-state index in [9.17, 15) is 4.79 Å². The standard InChI is InChI=1S/C15H17NO2S2/c1-11(13-4-3-8-19-13)16(2)10-14-12(7-9-20-14)5-6-15(17)18/h3-9,11H,10H2,1-2H3,(H,17,18). The molecule has 0 spiro atoms. The Hall–Kier alpha value is -1.43. The molecule has 0 aromatic carbocycles. The number of carboxylic acid groups (broad SMARTS) is 1. The zero-order chi connectivity index (χ0) is 14.5. The first kappa shape index (κ1) is 15.0. The summed E-state index contributed by atoms with van der Waals surface area (Å²) in [4.78, 5) is 15.4. The van der Waals surface area contributed by atoms with Gasteiger partial charge in [0.05, 0.1) is 0 Å². The molecule has 0 saturated heterocycles. The summed E-state index contributed by atoms with van der Waals surface area (Å²) < 4.78 is 0. The average molecular weight is 307 g/mol. The van der Waals surface area contributed by atoms with Crippen molar-refractivity contribution in [2.24, 2.45) is 0 Å². The lowest BCUT2D eigenvalue weighted by Gasteiger charge is -2.23. The van der Waals surface area contributed by atoms with E-state index in [1.165, 1.54) is 15.8 Å². The maximum Gasteiger partial charge on any atom is 0.328 e. The zero-order valence-corrected chi connectivity index (χ0v) is 13.1. The summed E-state index contributed by atoms with van der Waals surface area (Å²) in [6.45, 7) is 3.00. The maximum atomic E-state index is 10.6. The maximum absolute atomic E-state index is 10.6. The van der Waals surface area contributed by atoms with E-state index in [-0.39, 0.29) is 0 Å². The van der Waals surface area contributed by atoms with Gasteiger partial charge in [0.25, 0.3) is 0 Å². The van der Waals surface area contributed by atoms with E-state index in [0.717, 1.165) is 12.1 Å². The van der Waals surface area contributed by atoms with Crippen LogP contribution in [0.1, 0.15) is 28.3 Å². The highest BCUT2D eigenvalue weighted by Gasteiger charge is 2.14. The molecule has 3 nitrogen and oxygen atoms in total. The van der Waals surface area contributed by atoms with Crippen LogP contribution in [0.15, 0.2) is 35.0 Å². The molecule has 0 aliphatic carbocycles. The predicted octanol–water partition coefficient (Wildman–Crippen LogP) is 4.10. The molecule has 0 fully saturated rings. The van der Waals surface area contributed by atoms with Gasteiger partial charge >= 0.3 is 5.97 Å². The highest BCUT2D eigenvalue weighted by atomic mass is 32.1. The zero-order valence-electron chi connectivity index (χ0n) is 11.4. The Kier molecular flexibility index (Phi) is 5.11. The van der Waals surface area contributed by atoms with E-state index < -0.39 is 5.97 Å². The van der Waals surface area contributed by atoms with Crippen LogP contribution < -0.4 is 0 Å². The summed E-state index contributed by atoms with van der Waals surface area (Å²) in [6, 6.07) is 6.53. The fourth-order valence-corrected chi connectivity index (χ4v) is 3.68. The van der Waals surface area contributed by atoms with E-state index in [4.69, 9.17) is 5.11 Å². The van der Waals surface area contributed by atoms with Crippen molar-refractivity contribution >= 4 is 34.7 Å². The number of carboxylic acids is 1. The van der Waals surface area contributed by atoms with Gasteiger partial charge in [-0.15, -0.1) is 22.7 Å². The number of rotatable bonds is 6. The van der Waals surface area contributed by atoms with Crippen molar-refractivity contribution in [2.45, 2.75) is 19.5 Å². The van der Waals surface area contributed by atoms with Crippen LogP contribution in [0.25, 0.3) is 6.08 Å². The Labute approximate surface area is 126 Å². The van der Waals surface area contributed by atoms with Crippen molar-refractivity contribution in [2.75, 3.05) is 7.05 Å². The van der Waals surface area contributed by atoms with Gasteiger partial charge in [-0.1, -0.05) is 6.07 Å². The second-order valence-electron chi connectivity index (χ2n) is 4.58. The second-order valence-corrected chi connectivity index (χ2v) is 6.56. The molecule has 2 rings (SSSR count). The molecule has 0 aliphatic heterocycles. The molecule has 1 atom stereocenters. The van der Waals surface area contributed by atoms with Crippen molar-refractivity contribution in [1.29, 1.82) is 0 Å². The summed E-state index contributed by atoms with van der Waals surface area (Å²) >= 11 is 3.42. The molecule has 5 heteroatoms. The molecule has 0 radical (unpaired) electrons. The first-order valence-corrected chi connectivity index (χ1v) is 8.05. The third kappa shape index (κ3) is 3.79. The Morgan fingerprint density at radius 2 is 2.20 bits per heavy atom. The lowest BCUT2D eigenvalue weighted by atomic mass is 10.2. The van der Waals surface area contributed by atoms with Crippen molar-refractivity contribution < 1.29 is 9.90 Å². The van der Waals surface area contributed by atoms with Crippen LogP contribution in [0.2, 0.25) is 0 Å². The van der Waals surface area contributed by atoms with Gasteiger partial charge in [-0.2, -0.15) is 0 Å². The van der Waals surface area contributed by atoms with Crippen molar-refractivity contribution in [3.05, 3.63) is 50.4 Å². The fraction of sp³-hybridized carbons (Fsp3) is 0.267. The fourth-order valence-electron chi connectivity index (χ4n) is 1.90. The summed E-state index contributed by atoms with van der Waals surface area (Å²) in [6.07, 6.45) is 2.85. The topological polar surface area (TPSA) is 40.5 Å². The lowest BCUT2D eigenvalue weighted by Crippen LogP contribution is -2.21. The molecule has 0 bridgehead atoms. The van der Waals surface area contributed by atoms with Crippen molar-refractivity contribution in [3.63, 3.8) is 0 Å². The van der Waals surface area contributed by atoms with Crippen LogP contribution in [0.3, 0.4) is 0 Å². The van der Waals surface area contributed by atoms with Crippen LogP contribution in [0, 0.1) is 0 Å². The smallest absolute Gasteiger partial charge is 0.328 e. The Morgan fingerprint density at radius 3 is 2.85 bits per heavy atom. The van der Waals surface area contributed by atoms with Gasteiger partial charge in [-0.3, -0.25) is 4.90 Å². The van der Waals surface area contributed by atoms with E-state index in [1.54, 1.807) is 28.7 Å². The molecule has 2 aromatic heterocycles. The monoisotopic (exact) mass is 307 g/mol. The van der Waals surface area contributed by atoms with E-state index in [0.29, 0.717) is 6.04 Å². The van der Waals surface area contributed by atoms with Crippen molar-refractivity contribution in [1.82, 2.24) is 4.90 Å². The number of hydrogen-bond acceptors (Lipinski definition) is 4. The summed E-state index contributed by atoms with van der Waals surface area (Å²) in [5, 5.41) is 12.8. The van der Waals surface area contributed by atoms with E-state index in [2.05, 4.69) is 36.4 Å². The normalized spacial score (nSPS) is 13.2. The van der Waals surface area contributed by atoms with Crippen LogP contribution in [0.5, 0.6) is 0 Å². The molecule has 106 valence electrons. The third-order valence-electron chi connectivity index (χ3n) is 3.19. The molecule has 0 amide bonds. The summed E-state index contributed by atoms with van der Waals surface area (Å²) in [5.41, 5.74) is 0.989. The minimum Gasteiger partial charge on any atom is -0.478 e. The highest BCUT2D eigenvalue weighted by molar-refractivity contribution is 7.10. The van der Waals surface area contributed by atoms with Gasteiger partial charge in [0.1, 0.15) is 0 Å². The first-order chi connectivity index (χ1) is 9.58. The Morgan fingerprint density at radius 1 is 1.40 bits per heavy atom. The Balaban J connectivity index is 2.06. The van der Waals surface area contributed by atoms with Gasteiger partial charge in [0.2, 0.25) is 0 Å². The van der Waals surface area contributed by atoms with Gasteiger partial charge < -0.3 is 5.11 Å². The first-order valence-electron chi connectivity index (χ1n) is 6.29. The van der Waals surface area contributed by atoms with E-state index in [1.807, 2.05) is 11.4 Å².